The van der Waals surface area contributed by atoms with Crippen LogP contribution in [0.15, 0.2) is 21.4 Å². The maximum atomic E-state index is 11.2. The van der Waals surface area contributed by atoms with Gasteiger partial charge in [0.15, 0.2) is 0 Å². The van der Waals surface area contributed by atoms with Crippen molar-refractivity contribution in [1.29, 1.82) is 0 Å². The average molecular weight is 216 g/mol. The summed E-state index contributed by atoms with van der Waals surface area (Å²) in [7, 11) is 0. The molecule has 0 spiro atoms. The van der Waals surface area contributed by atoms with Gasteiger partial charge in [-0.15, -0.1) is 0 Å². The molecular weight excluding hydrogens is 206 g/mol. The van der Waals surface area contributed by atoms with Crippen LogP contribution in [0, 0.1) is 6.92 Å². The van der Waals surface area contributed by atoms with E-state index < -0.39 is 0 Å². The van der Waals surface area contributed by atoms with Crippen LogP contribution in [0.1, 0.15) is 12.6 Å². The Bertz CT molecular complexity index is 316. The van der Waals surface area contributed by atoms with E-state index in [-0.39, 0.29) is 5.56 Å². The lowest BCUT2D eigenvalue weighted by atomic mass is 10.3. The van der Waals surface area contributed by atoms with E-state index in [2.05, 4.69) is 15.9 Å². The fourth-order valence-corrected chi connectivity index (χ4v) is 1.62. The Hall–Kier alpha value is -0.570. The third-order valence-electron chi connectivity index (χ3n) is 1.62. The van der Waals surface area contributed by atoms with E-state index in [0.717, 1.165) is 16.7 Å². The van der Waals surface area contributed by atoms with Gasteiger partial charge >= 0.3 is 0 Å². The first-order valence-electron chi connectivity index (χ1n) is 3.52. The van der Waals surface area contributed by atoms with Gasteiger partial charge in [0.1, 0.15) is 0 Å². The highest BCUT2D eigenvalue weighted by atomic mass is 79.9. The second-order valence-corrected chi connectivity index (χ2v) is 3.31. The van der Waals surface area contributed by atoms with Crippen LogP contribution in [0.5, 0.6) is 0 Å². The molecular formula is C8H10BrNO. The van der Waals surface area contributed by atoms with Gasteiger partial charge in [0.2, 0.25) is 0 Å². The average Bonchev–Trinajstić information content (AvgIpc) is 1.85. The van der Waals surface area contributed by atoms with E-state index in [1.807, 2.05) is 19.9 Å². The van der Waals surface area contributed by atoms with Crippen molar-refractivity contribution in [3.63, 3.8) is 0 Å². The van der Waals surface area contributed by atoms with Crippen molar-refractivity contribution in [2.75, 3.05) is 0 Å². The lowest BCUT2D eigenvalue weighted by molar-refractivity contribution is 0.699. The SMILES string of the molecule is CCn1c(C)cc(Br)cc1=O. The number of aromatic nitrogens is 1. The van der Waals surface area contributed by atoms with Gasteiger partial charge in [-0.2, -0.15) is 0 Å². The molecule has 0 aromatic carbocycles. The molecule has 0 amide bonds. The quantitative estimate of drug-likeness (QED) is 0.703. The second kappa shape index (κ2) is 3.22. The summed E-state index contributed by atoms with van der Waals surface area (Å²) in [5.74, 6) is 0. The van der Waals surface area contributed by atoms with Crippen LogP contribution in [0.25, 0.3) is 0 Å². The Morgan fingerprint density at radius 2 is 2.18 bits per heavy atom. The van der Waals surface area contributed by atoms with Gasteiger partial charge in [-0.05, 0) is 19.9 Å². The minimum absolute atomic E-state index is 0.0550. The molecule has 0 radical (unpaired) electrons. The minimum Gasteiger partial charge on any atom is -0.313 e. The second-order valence-electron chi connectivity index (χ2n) is 2.40. The molecule has 60 valence electrons. The molecule has 2 nitrogen and oxygen atoms in total. The summed E-state index contributed by atoms with van der Waals surface area (Å²) < 4.78 is 2.58. The molecule has 0 atom stereocenters. The van der Waals surface area contributed by atoms with E-state index >= 15 is 0 Å². The van der Waals surface area contributed by atoms with Gasteiger partial charge in [0, 0.05) is 22.8 Å². The third kappa shape index (κ3) is 1.71. The monoisotopic (exact) mass is 215 g/mol. The maximum Gasteiger partial charge on any atom is 0.251 e. The lowest BCUT2D eigenvalue weighted by Gasteiger charge is -2.05. The molecule has 0 unspecified atom stereocenters. The van der Waals surface area contributed by atoms with Crippen molar-refractivity contribution in [2.45, 2.75) is 20.4 Å². The van der Waals surface area contributed by atoms with Gasteiger partial charge < -0.3 is 4.57 Å². The van der Waals surface area contributed by atoms with Crippen LogP contribution in [-0.2, 0) is 6.54 Å². The molecule has 0 aliphatic heterocycles. The van der Waals surface area contributed by atoms with E-state index in [9.17, 15) is 4.79 Å². The molecule has 1 heterocycles. The van der Waals surface area contributed by atoms with Crippen molar-refractivity contribution in [3.8, 4) is 0 Å². The molecule has 1 aromatic rings. The number of hydrogen-bond acceptors (Lipinski definition) is 1. The Balaban J connectivity index is 3.37. The van der Waals surface area contributed by atoms with Crippen molar-refractivity contribution in [3.05, 3.63) is 32.7 Å². The highest BCUT2D eigenvalue weighted by Gasteiger charge is 1.98. The van der Waals surface area contributed by atoms with Crippen LogP contribution >= 0.6 is 15.9 Å². The summed E-state index contributed by atoms with van der Waals surface area (Å²) >= 11 is 3.26. The highest BCUT2D eigenvalue weighted by Crippen LogP contribution is 2.07. The molecule has 1 aromatic heterocycles. The Labute approximate surface area is 74.0 Å². The van der Waals surface area contributed by atoms with Gasteiger partial charge in [-0.25, -0.2) is 0 Å². The number of hydrogen-bond donors (Lipinski definition) is 0. The summed E-state index contributed by atoms with van der Waals surface area (Å²) in [5.41, 5.74) is 1.05. The Kier molecular flexibility index (Phi) is 2.49. The Morgan fingerprint density at radius 1 is 1.55 bits per heavy atom. The fourth-order valence-electron chi connectivity index (χ4n) is 1.09. The fraction of sp³-hybridized carbons (Fsp3) is 0.375. The summed E-state index contributed by atoms with van der Waals surface area (Å²) in [4.78, 5) is 11.2. The van der Waals surface area contributed by atoms with Crippen molar-refractivity contribution in [2.24, 2.45) is 0 Å². The van der Waals surface area contributed by atoms with Crippen LogP contribution in [0.3, 0.4) is 0 Å². The van der Waals surface area contributed by atoms with Gasteiger partial charge in [-0.1, -0.05) is 15.9 Å². The summed E-state index contributed by atoms with van der Waals surface area (Å²) in [6, 6.07) is 3.52. The molecule has 0 aliphatic carbocycles. The molecule has 0 fully saturated rings. The first-order chi connectivity index (χ1) is 5.15. The predicted octanol–water partition coefficient (Wildman–Crippen LogP) is 1.94. The summed E-state index contributed by atoms with van der Waals surface area (Å²) in [6.45, 7) is 4.62. The molecule has 0 saturated heterocycles. The smallest absolute Gasteiger partial charge is 0.251 e. The minimum atomic E-state index is 0.0550. The summed E-state index contributed by atoms with van der Waals surface area (Å²) in [5, 5.41) is 0. The predicted molar refractivity (Wildman–Crippen MR) is 48.8 cm³/mol. The molecule has 3 heteroatoms. The number of halogens is 1. The topological polar surface area (TPSA) is 22.0 Å². The molecule has 11 heavy (non-hydrogen) atoms. The van der Waals surface area contributed by atoms with Gasteiger partial charge in [-0.3, -0.25) is 4.79 Å². The highest BCUT2D eigenvalue weighted by molar-refractivity contribution is 9.10. The largest absolute Gasteiger partial charge is 0.313 e. The Morgan fingerprint density at radius 3 is 2.64 bits per heavy atom. The maximum absolute atomic E-state index is 11.2. The van der Waals surface area contributed by atoms with Crippen LogP contribution in [0.4, 0.5) is 0 Å². The zero-order valence-corrected chi connectivity index (χ0v) is 8.18. The van der Waals surface area contributed by atoms with E-state index in [4.69, 9.17) is 0 Å². The zero-order chi connectivity index (χ0) is 8.43. The number of pyridine rings is 1. The normalized spacial score (nSPS) is 10.1. The van der Waals surface area contributed by atoms with Crippen LogP contribution in [-0.4, -0.2) is 4.57 Å². The van der Waals surface area contributed by atoms with Crippen LogP contribution < -0.4 is 5.56 Å². The van der Waals surface area contributed by atoms with Crippen molar-refractivity contribution in [1.82, 2.24) is 4.57 Å². The van der Waals surface area contributed by atoms with Gasteiger partial charge in [0.25, 0.3) is 5.56 Å². The first kappa shape index (κ1) is 8.53. The molecule has 1 rings (SSSR count). The summed E-state index contributed by atoms with van der Waals surface area (Å²) in [6.07, 6.45) is 0. The first-order valence-corrected chi connectivity index (χ1v) is 4.31. The molecule has 0 aliphatic rings. The van der Waals surface area contributed by atoms with E-state index in [1.54, 1.807) is 10.6 Å². The van der Waals surface area contributed by atoms with Crippen LogP contribution in [0.2, 0.25) is 0 Å². The molecule has 0 bridgehead atoms. The standard InChI is InChI=1S/C8H10BrNO/c1-3-10-6(2)4-7(9)5-8(10)11/h4-5H,3H2,1-2H3. The number of aryl methyl sites for hydroxylation is 1. The third-order valence-corrected chi connectivity index (χ3v) is 2.07. The van der Waals surface area contributed by atoms with Crippen molar-refractivity contribution >= 4 is 15.9 Å². The van der Waals surface area contributed by atoms with Gasteiger partial charge in [0.05, 0.1) is 0 Å². The molecule has 0 saturated carbocycles. The van der Waals surface area contributed by atoms with E-state index in [1.165, 1.54) is 0 Å². The lowest BCUT2D eigenvalue weighted by Crippen LogP contribution is -2.19. The number of rotatable bonds is 1. The zero-order valence-electron chi connectivity index (χ0n) is 6.60. The molecule has 0 N–H and O–H groups in total. The number of nitrogens with zero attached hydrogens (tertiary/aromatic N) is 1. The van der Waals surface area contributed by atoms with E-state index in [0.29, 0.717) is 0 Å². The van der Waals surface area contributed by atoms with Crippen molar-refractivity contribution < 1.29 is 0 Å².